The lowest BCUT2D eigenvalue weighted by atomic mass is 9.50. The lowest BCUT2D eigenvalue weighted by Gasteiger charge is -2.56. The van der Waals surface area contributed by atoms with E-state index in [1.807, 2.05) is 29.9 Å². The number of Topliss-reactive ketones (excluding diaryl/α,β-unsaturated/α-hetero) is 1. The van der Waals surface area contributed by atoms with Crippen molar-refractivity contribution in [2.45, 2.75) is 138 Å². The summed E-state index contributed by atoms with van der Waals surface area (Å²) in [6.07, 6.45) is 17.1. The molecule has 2 fully saturated rings. The molecule has 350 valence electrons. The molecule has 14 rings (SSSR count). The van der Waals surface area contributed by atoms with Crippen LogP contribution >= 0.6 is 21.6 Å². The van der Waals surface area contributed by atoms with E-state index in [1.165, 1.54) is 16.7 Å². The molecule has 2 aromatic rings. The van der Waals surface area contributed by atoms with Crippen LogP contribution in [0.4, 0.5) is 0 Å². The van der Waals surface area contributed by atoms with Crippen molar-refractivity contribution < 1.29 is 34.7 Å². The van der Waals surface area contributed by atoms with Crippen LogP contribution in [0.5, 0.6) is 17.2 Å². The first-order valence-corrected chi connectivity index (χ1v) is 27.1. The fourth-order valence-corrected chi connectivity index (χ4v) is 16.9. The van der Waals surface area contributed by atoms with Crippen LogP contribution in [0.15, 0.2) is 58.9 Å². The summed E-state index contributed by atoms with van der Waals surface area (Å²) in [7, 11) is 3.52. The number of aliphatic imine (C=N–C) groups is 1. The Balaban J connectivity index is 1.04. The molecular formula is C54H60N4O7S2. The second kappa shape index (κ2) is 16.8. The molecule has 2 saturated carbocycles. The van der Waals surface area contributed by atoms with Crippen LogP contribution in [0.3, 0.4) is 0 Å². The summed E-state index contributed by atoms with van der Waals surface area (Å²) in [5.74, 6) is 11.8. The molecule has 4 aliphatic carbocycles. The third kappa shape index (κ3) is 7.16. The summed E-state index contributed by atoms with van der Waals surface area (Å²) < 4.78 is 13.9. The average molecular weight is 941 g/mol. The Morgan fingerprint density at radius 1 is 1.09 bits per heavy atom. The first kappa shape index (κ1) is 44.1. The van der Waals surface area contributed by atoms with Crippen LogP contribution in [0, 0.1) is 52.5 Å². The third-order valence-corrected chi connectivity index (χ3v) is 19.8. The monoisotopic (exact) mass is 940 g/mol. The van der Waals surface area contributed by atoms with Crippen molar-refractivity contribution in [3.63, 3.8) is 0 Å². The van der Waals surface area contributed by atoms with Gasteiger partial charge >= 0.3 is 0 Å². The van der Waals surface area contributed by atoms with Crippen molar-refractivity contribution in [2.75, 3.05) is 18.8 Å². The molecule has 10 unspecified atom stereocenters. The largest absolute Gasteiger partial charge is 0.508 e. The molecule has 8 aliphatic heterocycles. The van der Waals surface area contributed by atoms with Gasteiger partial charge in [-0.05, 0) is 84.1 Å². The molecular weight excluding hydrogens is 881 g/mol. The Labute approximate surface area is 400 Å². The number of ether oxygens (including phenoxy) is 2. The van der Waals surface area contributed by atoms with Crippen molar-refractivity contribution in [3.05, 3.63) is 87.3 Å². The molecule has 8 heterocycles. The quantitative estimate of drug-likeness (QED) is 0.0961. The Morgan fingerprint density at radius 3 is 2.72 bits per heavy atom. The van der Waals surface area contributed by atoms with E-state index in [0.717, 1.165) is 91.5 Å². The van der Waals surface area contributed by atoms with Gasteiger partial charge in [-0.3, -0.25) is 15.1 Å². The van der Waals surface area contributed by atoms with Gasteiger partial charge in [-0.15, -0.1) is 0 Å². The lowest BCUT2D eigenvalue weighted by Crippen LogP contribution is -2.56. The number of rotatable bonds is 6. The molecule has 10 atom stereocenters. The van der Waals surface area contributed by atoms with Gasteiger partial charge < -0.3 is 40.5 Å². The van der Waals surface area contributed by atoms with Crippen LogP contribution in [0.1, 0.15) is 136 Å². The Bertz CT molecular complexity index is 2680. The van der Waals surface area contributed by atoms with Crippen molar-refractivity contribution in [1.82, 2.24) is 10.2 Å². The average Bonchev–Trinajstić information content (AvgIpc) is 4.13. The summed E-state index contributed by atoms with van der Waals surface area (Å²) in [5, 5.41) is 50.5. The fourth-order valence-electron chi connectivity index (χ4n) is 14.2. The first-order valence-electron chi connectivity index (χ1n) is 24.6. The number of nitrogens with two attached hydrogens (primary N) is 1. The van der Waals surface area contributed by atoms with E-state index in [2.05, 4.69) is 58.6 Å². The van der Waals surface area contributed by atoms with Gasteiger partial charge in [0.1, 0.15) is 23.7 Å². The zero-order valence-corrected chi connectivity index (χ0v) is 39.7. The molecule has 7 N–H and O–H groups in total. The highest BCUT2D eigenvalue weighted by Crippen LogP contribution is 2.67. The number of nitrogens with one attached hydrogen (secondary N) is 1. The van der Waals surface area contributed by atoms with Gasteiger partial charge in [0.15, 0.2) is 17.7 Å². The summed E-state index contributed by atoms with van der Waals surface area (Å²) in [4.78, 5) is 21.3. The highest BCUT2D eigenvalue weighted by atomic mass is 33.1. The van der Waals surface area contributed by atoms with Crippen LogP contribution in [-0.2, 0) is 22.4 Å². The highest BCUT2D eigenvalue weighted by molar-refractivity contribution is 8.76. The number of aromatic hydroxyl groups is 1. The highest BCUT2D eigenvalue weighted by Gasteiger charge is 2.59. The number of benzene rings is 2. The number of phenolic OH excluding ortho intramolecular Hbond substituents is 1. The molecule has 0 amide bonds. The van der Waals surface area contributed by atoms with E-state index in [1.54, 1.807) is 16.9 Å². The lowest BCUT2D eigenvalue weighted by molar-refractivity contribution is -0.122. The van der Waals surface area contributed by atoms with Crippen molar-refractivity contribution >= 4 is 33.1 Å². The Hall–Kier alpha value is -4.18. The van der Waals surface area contributed by atoms with Gasteiger partial charge in [0.25, 0.3) is 0 Å². The number of hydrogen-bond donors (Lipinski definition) is 6. The number of aliphatic hydroxyl groups is 3. The normalized spacial score (nSPS) is 33.7. The van der Waals surface area contributed by atoms with Crippen LogP contribution in [0.25, 0.3) is 0 Å². The molecule has 10 bridgehead atoms. The van der Waals surface area contributed by atoms with Gasteiger partial charge in [-0.1, -0.05) is 96.2 Å². The van der Waals surface area contributed by atoms with Gasteiger partial charge in [0, 0.05) is 83.3 Å². The van der Waals surface area contributed by atoms with E-state index in [-0.39, 0.29) is 59.6 Å². The van der Waals surface area contributed by atoms with E-state index in [0.29, 0.717) is 42.3 Å². The summed E-state index contributed by atoms with van der Waals surface area (Å²) in [6, 6.07) is 5.81. The Kier molecular flexibility index (Phi) is 11.0. The van der Waals surface area contributed by atoms with Crippen LogP contribution in [-0.4, -0.2) is 74.1 Å². The molecule has 2 aromatic carbocycles. The number of aliphatic hydroxyl groups excluding tert-OH is 3. The molecule has 0 aromatic heterocycles. The maximum atomic E-state index is 13.8. The molecule has 11 nitrogen and oxygen atoms in total. The number of carbonyl (C=O) groups excluding carboxylic acids is 1. The minimum absolute atomic E-state index is 0.000434. The van der Waals surface area contributed by atoms with Gasteiger partial charge in [0.2, 0.25) is 0 Å². The van der Waals surface area contributed by atoms with Crippen molar-refractivity contribution in [2.24, 2.45) is 39.3 Å². The third-order valence-electron chi connectivity index (χ3n) is 17.3. The maximum Gasteiger partial charge on any atom is 0.187 e. The summed E-state index contributed by atoms with van der Waals surface area (Å²) in [6.45, 7) is 3.23. The maximum absolute atomic E-state index is 13.8. The SMILES string of the molecule is CC1C=CC(C(O)CC(=O)CCc2c(O)cc3c4c2CSSCC25CNC(N)c6ccc7c(c62)C(C2=CN=C6CN(C=C26)C(O4)C(C#CC7O)C2(C#CO3)CCCC2)C2(CCCC2)C5)C(O)C1. The number of fused-ring (bicyclic) bond motifs is 1. The van der Waals surface area contributed by atoms with E-state index >= 15 is 0 Å². The number of carbonyl (C=O) groups is 1. The van der Waals surface area contributed by atoms with Crippen LogP contribution in [0.2, 0.25) is 0 Å². The van der Waals surface area contributed by atoms with E-state index < -0.39 is 41.8 Å². The number of ketones is 1. The number of hydrogen-bond acceptors (Lipinski definition) is 13. The second-order valence-electron chi connectivity index (χ2n) is 21.4. The van der Waals surface area contributed by atoms with E-state index in [4.69, 9.17) is 20.2 Å². The predicted molar refractivity (Wildman–Crippen MR) is 260 cm³/mol. The standard InChI is InChI=1S/C54H60N4O7S2/c1-30-6-8-33(42(61)20-30)43(62)21-31(59)7-9-32-38-26-66-67-29-54-27-53(16-4-5-17-53)48-36-23-56-40-25-58(24-37(36)40)51-39(12-13-41(60)34-10-11-35(47(54)46(34)48)50(55)57-28-54)52(14-2-3-15-52)18-19-64-45(22-44(32)63)49(38)65-51/h6,8,10-11,22-24,30,33,39,41-43,48,50-51,57,60-63H,2-5,7,9,14-17,20-21,25-29,55H2,1H3. The molecule has 12 aliphatic rings. The van der Waals surface area contributed by atoms with Gasteiger partial charge in [-0.2, -0.15) is 0 Å². The second-order valence-corrected chi connectivity index (χ2v) is 23.8. The smallest absolute Gasteiger partial charge is 0.187 e. The summed E-state index contributed by atoms with van der Waals surface area (Å²) in [5.41, 5.74) is 15.0. The zero-order chi connectivity index (χ0) is 45.8. The Morgan fingerprint density at radius 2 is 1.90 bits per heavy atom. The first-order chi connectivity index (χ1) is 32.5. The molecule has 0 radical (unpaired) electrons. The summed E-state index contributed by atoms with van der Waals surface area (Å²) >= 11 is 0. The fraction of sp³-hybridized carbons (Fsp3) is 0.556. The van der Waals surface area contributed by atoms with Crippen molar-refractivity contribution in [1.29, 1.82) is 0 Å². The predicted octanol–water partition coefficient (Wildman–Crippen LogP) is 7.48. The molecule has 3 spiro atoms. The number of allylic oxidation sites excluding steroid dienone is 2. The van der Waals surface area contributed by atoms with E-state index in [9.17, 15) is 25.2 Å². The minimum atomic E-state index is -1.08. The molecule has 67 heavy (non-hydrogen) atoms. The van der Waals surface area contributed by atoms with Crippen LogP contribution < -0.4 is 20.5 Å². The molecule has 0 saturated heterocycles. The minimum Gasteiger partial charge on any atom is -0.508 e. The van der Waals surface area contributed by atoms with Crippen molar-refractivity contribution in [3.8, 4) is 41.1 Å². The topological polar surface area (TPSA) is 170 Å². The van der Waals surface area contributed by atoms with Gasteiger partial charge in [-0.25, -0.2) is 0 Å². The zero-order valence-electron chi connectivity index (χ0n) is 38.1. The number of nitrogens with zero attached hydrogens (tertiary/aromatic N) is 2. The van der Waals surface area contributed by atoms with Gasteiger partial charge in [0.05, 0.1) is 42.0 Å². The number of phenols is 1. The molecule has 13 heteroatoms.